The van der Waals surface area contributed by atoms with E-state index in [1.165, 1.54) is 13.2 Å². The number of halogens is 3. The lowest BCUT2D eigenvalue weighted by molar-refractivity contribution is -0.203. The molecule has 0 saturated carbocycles. The predicted octanol–water partition coefficient (Wildman–Crippen LogP) is 4.22. The molecule has 1 aliphatic heterocycles. The number of hydrogen-bond donors (Lipinski definition) is 0. The average molecular weight is 408 g/mol. The van der Waals surface area contributed by atoms with Crippen molar-refractivity contribution < 1.29 is 37.0 Å². The minimum Gasteiger partial charge on any atom is -0.488 e. The van der Waals surface area contributed by atoms with Crippen LogP contribution in [0.25, 0.3) is 0 Å². The predicted molar refractivity (Wildman–Crippen MR) is 96.2 cm³/mol. The molecule has 29 heavy (non-hydrogen) atoms. The maximum atomic E-state index is 12.9. The smallest absolute Gasteiger partial charge is 0.488 e. The number of alkyl halides is 3. The van der Waals surface area contributed by atoms with Crippen molar-refractivity contribution in [1.29, 1.82) is 0 Å². The molecule has 1 atom stereocenters. The van der Waals surface area contributed by atoms with Gasteiger partial charge in [0.2, 0.25) is 0 Å². The summed E-state index contributed by atoms with van der Waals surface area (Å²) in [6, 6.07) is 11.3. The highest BCUT2D eigenvalue weighted by Gasteiger charge is 2.44. The summed E-state index contributed by atoms with van der Waals surface area (Å²) in [5, 5.41) is 0. The van der Waals surface area contributed by atoms with E-state index in [1.807, 2.05) is 0 Å². The van der Waals surface area contributed by atoms with Gasteiger partial charge in [-0.15, -0.1) is 0 Å². The second-order valence-corrected chi connectivity index (χ2v) is 7.14. The van der Waals surface area contributed by atoms with Gasteiger partial charge in [0.25, 0.3) is 0 Å². The van der Waals surface area contributed by atoms with E-state index in [2.05, 4.69) is 0 Å². The number of hydrogen-bond acceptors (Lipinski definition) is 5. The molecule has 0 radical (unpaired) electrons. The monoisotopic (exact) mass is 408 g/mol. The molecule has 2 aromatic rings. The topological polar surface area (TPSA) is 61.8 Å². The molecule has 0 saturated heterocycles. The third kappa shape index (κ3) is 3.92. The number of methoxy groups -OCH3 is 1. The maximum absolute atomic E-state index is 12.9. The van der Waals surface area contributed by atoms with Crippen molar-refractivity contribution in [2.75, 3.05) is 7.11 Å². The van der Waals surface area contributed by atoms with Crippen molar-refractivity contribution in [2.45, 2.75) is 38.1 Å². The summed E-state index contributed by atoms with van der Waals surface area (Å²) < 4.78 is 54.2. The van der Waals surface area contributed by atoms with E-state index in [-0.39, 0.29) is 17.9 Å². The van der Waals surface area contributed by atoms with Crippen molar-refractivity contribution in [2.24, 2.45) is 0 Å². The lowest BCUT2D eigenvalue weighted by Gasteiger charge is -2.25. The molecule has 0 bridgehead atoms. The Kier molecular flexibility index (Phi) is 5.30. The molecule has 0 spiro atoms. The van der Waals surface area contributed by atoms with Crippen LogP contribution in [0.15, 0.2) is 42.5 Å². The van der Waals surface area contributed by atoms with Crippen LogP contribution in [-0.4, -0.2) is 25.2 Å². The van der Waals surface area contributed by atoms with Crippen molar-refractivity contribution in [3.63, 3.8) is 0 Å². The second-order valence-electron chi connectivity index (χ2n) is 7.14. The summed E-state index contributed by atoms with van der Waals surface area (Å²) in [6.07, 6.45) is -6.49. The standard InChI is InChI=1S/C21H19F3O5/c1-20(2,18(25)27-3)13-8-9-16-15(10-13)17(29-19(26)21(22,23)24)14-7-5-4-6-12(14)11-28-16/h4-10,17H,11H2,1-3H3. The van der Waals surface area contributed by atoms with Crippen molar-refractivity contribution in [3.05, 3.63) is 64.7 Å². The summed E-state index contributed by atoms with van der Waals surface area (Å²) in [5.74, 6) is -2.55. The summed E-state index contributed by atoms with van der Waals surface area (Å²) in [6.45, 7) is 3.36. The number of carbonyl (C=O) groups is 2. The van der Waals surface area contributed by atoms with Gasteiger partial charge < -0.3 is 14.2 Å². The Labute approximate surface area is 165 Å². The first kappa shape index (κ1) is 20.7. The van der Waals surface area contributed by atoms with E-state index in [0.717, 1.165) is 0 Å². The summed E-state index contributed by atoms with van der Waals surface area (Å²) in [4.78, 5) is 23.8. The van der Waals surface area contributed by atoms with E-state index >= 15 is 0 Å². The SMILES string of the molecule is COC(=O)C(C)(C)c1ccc2c(c1)C(OC(=O)C(F)(F)F)c1ccccc1CO2. The highest BCUT2D eigenvalue weighted by molar-refractivity contribution is 5.82. The molecule has 0 fully saturated rings. The van der Waals surface area contributed by atoms with Gasteiger partial charge in [0.1, 0.15) is 12.4 Å². The van der Waals surface area contributed by atoms with Gasteiger partial charge >= 0.3 is 18.1 Å². The third-order valence-electron chi connectivity index (χ3n) is 4.89. The second kappa shape index (κ2) is 7.42. The molecule has 3 rings (SSSR count). The normalized spacial score (nSPS) is 16.0. The zero-order chi connectivity index (χ0) is 21.4. The van der Waals surface area contributed by atoms with Crippen LogP contribution in [0.4, 0.5) is 13.2 Å². The first-order valence-corrected chi connectivity index (χ1v) is 8.77. The zero-order valence-electron chi connectivity index (χ0n) is 16.0. The Morgan fingerprint density at radius 2 is 1.72 bits per heavy atom. The van der Waals surface area contributed by atoms with E-state index in [4.69, 9.17) is 14.2 Å². The van der Waals surface area contributed by atoms with Crippen LogP contribution < -0.4 is 4.74 Å². The fraction of sp³-hybridized carbons (Fsp3) is 0.333. The molecule has 1 aliphatic rings. The number of fused-ring (bicyclic) bond motifs is 2. The first-order valence-electron chi connectivity index (χ1n) is 8.77. The number of benzene rings is 2. The molecule has 0 aliphatic carbocycles. The number of rotatable bonds is 3. The highest BCUT2D eigenvalue weighted by Crippen LogP contribution is 2.41. The molecule has 1 heterocycles. The fourth-order valence-corrected chi connectivity index (χ4v) is 3.19. The summed E-state index contributed by atoms with van der Waals surface area (Å²) in [7, 11) is 1.25. The van der Waals surface area contributed by atoms with E-state index in [9.17, 15) is 22.8 Å². The van der Waals surface area contributed by atoms with Crippen molar-refractivity contribution in [1.82, 2.24) is 0 Å². The van der Waals surface area contributed by atoms with Crippen LogP contribution in [0, 0.1) is 0 Å². The van der Waals surface area contributed by atoms with Gasteiger partial charge in [-0.25, -0.2) is 4.79 Å². The molecular formula is C21H19F3O5. The van der Waals surface area contributed by atoms with E-state index < -0.39 is 29.6 Å². The van der Waals surface area contributed by atoms with Crippen LogP contribution >= 0.6 is 0 Å². The van der Waals surface area contributed by atoms with Crippen molar-refractivity contribution in [3.8, 4) is 5.75 Å². The Balaban J connectivity index is 2.15. The fourth-order valence-electron chi connectivity index (χ4n) is 3.19. The number of ether oxygens (including phenoxy) is 3. The van der Waals surface area contributed by atoms with Gasteiger partial charge in [-0.2, -0.15) is 13.2 Å². The minimum absolute atomic E-state index is 0.100. The maximum Gasteiger partial charge on any atom is 0.490 e. The number of carbonyl (C=O) groups excluding carboxylic acids is 2. The largest absolute Gasteiger partial charge is 0.490 e. The van der Waals surface area contributed by atoms with Crippen LogP contribution in [0.2, 0.25) is 0 Å². The Bertz CT molecular complexity index is 950. The summed E-state index contributed by atoms with van der Waals surface area (Å²) >= 11 is 0. The molecule has 1 unspecified atom stereocenters. The van der Waals surface area contributed by atoms with E-state index in [0.29, 0.717) is 16.7 Å². The molecular weight excluding hydrogens is 389 g/mol. The number of esters is 2. The Morgan fingerprint density at radius 1 is 1.03 bits per heavy atom. The molecule has 154 valence electrons. The molecule has 8 heteroatoms. The van der Waals surface area contributed by atoms with Crippen LogP contribution in [0.5, 0.6) is 5.75 Å². The van der Waals surface area contributed by atoms with Gasteiger partial charge in [0.15, 0.2) is 6.10 Å². The van der Waals surface area contributed by atoms with Gasteiger partial charge in [-0.1, -0.05) is 30.3 Å². The Hall–Kier alpha value is -3.03. The van der Waals surface area contributed by atoms with Crippen LogP contribution in [-0.2, 0) is 31.1 Å². The summed E-state index contributed by atoms with van der Waals surface area (Å²) in [5.41, 5.74) is 0.615. The molecule has 0 N–H and O–H groups in total. The van der Waals surface area contributed by atoms with Gasteiger partial charge in [0.05, 0.1) is 12.5 Å². The molecule has 0 aromatic heterocycles. The zero-order valence-corrected chi connectivity index (χ0v) is 16.0. The molecule has 2 aromatic carbocycles. The average Bonchev–Trinajstić information content (AvgIpc) is 2.83. The highest BCUT2D eigenvalue weighted by atomic mass is 19.4. The minimum atomic E-state index is -5.15. The quantitative estimate of drug-likeness (QED) is 0.712. The lowest BCUT2D eigenvalue weighted by atomic mass is 9.83. The Morgan fingerprint density at radius 3 is 2.38 bits per heavy atom. The lowest BCUT2D eigenvalue weighted by Crippen LogP contribution is -2.31. The van der Waals surface area contributed by atoms with Gasteiger partial charge in [-0.05, 0) is 37.1 Å². The van der Waals surface area contributed by atoms with Crippen molar-refractivity contribution >= 4 is 11.9 Å². The molecule has 5 nitrogen and oxygen atoms in total. The molecule has 0 amide bonds. The van der Waals surface area contributed by atoms with E-state index in [1.54, 1.807) is 50.2 Å². The van der Waals surface area contributed by atoms with Crippen LogP contribution in [0.1, 0.15) is 42.2 Å². The van der Waals surface area contributed by atoms with Gasteiger partial charge in [-0.3, -0.25) is 4.79 Å². The van der Waals surface area contributed by atoms with Crippen LogP contribution in [0.3, 0.4) is 0 Å². The van der Waals surface area contributed by atoms with Gasteiger partial charge in [0, 0.05) is 11.1 Å². The first-order chi connectivity index (χ1) is 13.6. The third-order valence-corrected chi connectivity index (χ3v) is 4.89.